The predicted octanol–water partition coefficient (Wildman–Crippen LogP) is 2.49. The Morgan fingerprint density at radius 3 is 2.31 bits per heavy atom. The molecular weight excluding hydrogens is 328 g/mol. The zero-order valence-corrected chi connectivity index (χ0v) is 15.7. The van der Waals surface area contributed by atoms with Crippen molar-refractivity contribution in [1.82, 2.24) is 10.2 Å². The summed E-state index contributed by atoms with van der Waals surface area (Å²) in [5, 5.41) is 2.83. The van der Waals surface area contributed by atoms with Gasteiger partial charge in [0.1, 0.15) is 5.75 Å². The van der Waals surface area contributed by atoms with Crippen LogP contribution in [0, 0.1) is 11.3 Å². The number of methoxy groups -OCH3 is 1. The zero-order valence-electron chi connectivity index (χ0n) is 15.7. The SMILES string of the molecule is CNC(=O)C1CN(C(=O)C2(c3ccc(OC)cc3)CC2)CC12CCCC2. The molecule has 1 spiro atoms. The highest BCUT2D eigenvalue weighted by Crippen LogP contribution is 2.54. The van der Waals surface area contributed by atoms with Crippen molar-refractivity contribution < 1.29 is 14.3 Å². The smallest absolute Gasteiger partial charge is 0.233 e. The average molecular weight is 356 g/mol. The molecule has 1 unspecified atom stereocenters. The van der Waals surface area contributed by atoms with Crippen LogP contribution in [0.2, 0.25) is 0 Å². The monoisotopic (exact) mass is 356 g/mol. The van der Waals surface area contributed by atoms with Crippen molar-refractivity contribution in [1.29, 1.82) is 0 Å². The fourth-order valence-corrected chi connectivity index (χ4v) is 5.21. The minimum absolute atomic E-state index is 0.00819. The Kier molecular flexibility index (Phi) is 4.20. The number of carbonyl (C=O) groups is 2. The van der Waals surface area contributed by atoms with E-state index in [1.54, 1.807) is 14.2 Å². The maximum absolute atomic E-state index is 13.4. The van der Waals surface area contributed by atoms with Crippen LogP contribution in [-0.4, -0.2) is 44.0 Å². The standard InChI is InChI=1S/C21H28N2O3/c1-22-18(24)17-13-23(14-20(17)9-3-4-10-20)19(25)21(11-12-21)15-5-7-16(26-2)8-6-15/h5-8,17H,3-4,9-14H2,1-2H3,(H,22,24). The molecule has 1 aromatic carbocycles. The number of amides is 2. The molecule has 1 atom stereocenters. The summed E-state index contributed by atoms with van der Waals surface area (Å²) in [6.45, 7) is 1.30. The summed E-state index contributed by atoms with van der Waals surface area (Å²) in [5.41, 5.74) is 0.683. The van der Waals surface area contributed by atoms with Crippen LogP contribution < -0.4 is 10.1 Å². The van der Waals surface area contributed by atoms with E-state index in [1.807, 2.05) is 29.2 Å². The van der Waals surface area contributed by atoms with E-state index in [-0.39, 0.29) is 28.6 Å². The lowest BCUT2D eigenvalue weighted by atomic mass is 9.76. The van der Waals surface area contributed by atoms with Crippen molar-refractivity contribution in [2.45, 2.75) is 43.9 Å². The van der Waals surface area contributed by atoms with E-state index in [0.717, 1.165) is 43.5 Å². The Morgan fingerprint density at radius 1 is 1.12 bits per heavy atom. The third-order valence-electron chi connectivity index (χ3n) is 6.90. The Hall–Kier alpha value is -2.04. The number of hydrogen-bond acceptors (Lipinski definition) is 3. The highest BCUT2D eigenvalue weighted by Gasteiger charge is 2.58. The van der Waals surface area contributed by atoms with E-state index in [0.29, 0.717) is 6.54 Å². The van der Waals surface area contributed by atoms with Crippen molar-refractivity contribution in [2.24, 2.45) is 11.3 Å². The quantitative estimate of drug-likeness (QED) is 0.902. The van der Waals surface area contributed by atoms with Gasteiger partial charge in [-0.3, -0.25) is 9.59 Å². The van der Waals surface area contributed by atoms with Gasteiger partial charge in [-0.05, 0) is 43.4 Å². The topological polar surface area (TPSA) is 58.6 Å². The minimum atomic E-state index is -0.385. The molecule has 3 fully saturated rings. The third-order valence-corrected chi connectivity index (χ3v) is 6.90. The number of hydrogen-bond donors (Lipinski definition) is 1. The van der Waals surface area contributed by atoms with Crippen LogP contribution in [0.1, 0.15) is 44.1 Å². The van der Waals surface area contributed by atoms with Gasteiger partial charge in [-0.15, -0.1) is 0 Å². The summed E-state index contributed by atoms with van der Waals surface area (Å²) >= 11 is 0. The van der Waals surface area contributed by atoms with Crippen molar-refractivity contribution in [2.75, 3.05) is 27.2 Å². The number of nitrogens with zero attached hydrogens (tertiary/aromatic N) is 1. The molecule has 2 aliphatic carbocycles. The number of carbonyl (C=O) groups excluding carboxylic acids is 2. The lowest BCUT2D eigenvalue weighted by molar-refractivity contribution is -0.133. The van der Waals surface area contributed by atoms with Crippen LogP contribution in [0.15, 0.2) is 24.3 Å². The summed E-state index contributed by atoms with van der Waals surface area (Å²) < 4.78 is 5.24. The molecule has 1 heterocycles. The van der Waals surface area contributed by atoms with Crippen LogP contribution in [0.3, 0.4) is 0 Å². The molecule has 0 aromatic heterocycles. The second kappa shape index (κ2) is 6.29. The highest BCUT2D eigenvalue weighted by molar-refractivity contribution is 5.92. The van der Waals surface area contributed by atoms with Crippen molar-refractivity contribution in [3.63, 3.8) is 0 Å². The number of ether oxygens (including phenoxy) is 1. The molecule has 26 heavy (non-hydrogen) atoms. The number of rotatable bonds is 4. The van der Waals surface area contributed by atoms with E-state index >= 15 is 0 Å². The Labute approximate surface area is 155 Å². The molecule has 3 aliphatic rings. The summed E-state index contributed by atoms with van der Waals surface area (Å²) in [6, 6.07) is 7.89. The van der Waals surface area contributed by atoms with Gasteiger partial charge in [0.05, 0.1) is 18.4 Å². The molecular formula is C21H28N2O3. The van der Waals surface area contributed by atoms with Crippen LogP contribution in [0.25, 0.3) is 0 Å². The second-order valence-electron chi connectivity index (χ2n) is 8.23. The van der Waals surface area contributed by atoms with Gasteiger partial charge >= 0.3 is 0 Å². The number of nitrogens with one attached hydrogen (secondary N) is 1. The largest absolute Gasteiger partial charge is 0.497 e. The number of benzene rings is 1. The van der Waals surface area contributed by atoms with E-state index < -0.39 is 0 Å². The summed E-state index contributed by atoms with van der Waals surface area (Å²) in [5.74, 6) is 1.05. The summed E-state index contributed by atoms with van der Waals surface area (Å²) in [6.07, 6.45) is 6.24. The first-order valence-electron chi connectivity index (χ1n) is 9.70. The molecule has 1 N–H and O–H groups in total. The minimum Gasteiger partial charge on any atom is -0.497 e. The fraction of sp³-hybridized carbons (Fsp3) is 0.619. The Balaban J connectivity index is 1.57. The van der Waals surface area contributed by atoms with Crippen LogP contribution >= 0.6 is 0 Å². The Morgan fingerprint density at radius 2 is 1.77 bits per heavy atom. The summed E-state index contributed by atoms with van der Waals surface area (Å²) in [7, 11) is 3.35. The van der Waals surface area contributed by atoms with Crippen LogP contribution in [0.4, 0.5) is 0 Å². The van der Waals surface area contributed by atoms with Gasteiger partial charge in [-0.25, -0.2) is 0 Å². The molecule has 5 nitrogen and oxygen atoms in total. The predicted molar refractivity (Wildman–Crippen MR) is 98.9 cm³/mol. The number of likely N-dealkylation sites (tertiary alicyclic amines) is 1. The normalized spacial score (nSPS) is 25.3. The molecule has 1 saturated heterocycles. The lowest BCUT2D eigenvalue weighted by Crippen LogP contribution is -2.39. The molecule has 5 heteroatoms. The highest BCUT2D eigenvalue weighted by atomic mass is 16.5. The first-order chi connectivity index (χ1) is 12.5. The molecule has 2 amide bonds. The molecule has 1 aromatic rings. The van der Waals surface area contributed by atoms with Gasteiger partial charge in [-0.1, -0.05) is 25.0 Å². The zero-order chi connectivity index (χ0) is 18.4. The average Bonchev–Trinajstić information content (AvgIpc) is 3.22. The van der Waals surface area contributed by atoms with E-state index in [9.17, 15) is 9.59 Å². The van der Waals surface area contributed by atoms with Gasteiger partial charge in [-0.2, -0.15) is 0 Å². The molecule has 140 valence electrons. The molecule has 4 rings (SSSR count). The van der Waals surface area contributed by atoms with E-state index in [2.05, 4.69) is 5.32 Å². The van der Waals surface area contributed by atoms with Gasteiger partial charge < -0.3 is 15.0 Å². The first kappa shape index (κ1) is 17.4. The van der Waals surface area contributed by atoms with Crippen molar-refractivity contribution in [3.05, 3.63) is 29.8 Å². The Bertz CT molecular complexity index is 702. The molecule has 1 aliphatic heterocycles. The second-order valence-corrected chi connectivity index (χ2v) is 8.23. The van der Waals surface area contributed by atoms with Gasteiger partial charge in [0, 0.05) is 25.6 Å². The maximum atomic E-state index is 13.4. The van der Waals surface area contributed by atoms with Crippen LogP contribution in [-0.2, 0) is 15.0 Å². The fourth-order valence-electron chi connectivity index (χ4n) is 5.21. The molecule has 2 saturated carbocycles. The van der Waals surface area contributed by atoms with E-state index in [4.69, 9.17) is 4.74 Å². The van der Waals surface area contributed by atoms with E-state index in [1.165, 1.54) is 12.8 Å². The third kappa shape index (κ3) is 2.60. The van der Waals surface area contributed by atoms with Crippen molar-refractivity contribution >= 4 is 11.8 Å². The molecule has 0 bridgehead atoms. The maximum Gasteiger partial charge on any atom is 0.233 e. The lowest BCUT2D eigenvalue weighted by Gasteiger charge is -2.29. The molecule has 0 radical (unpaired) electrons. The van der Waals surface area contributed by atoms with Crippen molar-refractivity contribution in [3.8, 4) is 5.75 Å². The summed E-state index contributed by atoms with van der Waals surface area (Å²) in [4.78, 5) is 27.9. The first-order valence-corrected chi connectivity index (χ1v) is 9.70. The van der Waals surface area contributed by atoms with Gasteiger partial charge in [0.2, 0.25) is 11.8 Å². The van der Waals surface area contributed by atoms with Crippen LogP contribution in [0.5, 0.6) is 5.75 Å². The van der Waals surface area contributed by atoms with Gasteiger partial charge in [0.15, 0.2) is 0 Å². The van der Waals surface area contributed by atoms with Gasteiger partial charge in [0.25, 0.3) is 0 Å².